The van der Waals surface area contributed by atoms with E-state index < -0.39 is 9.84 Å². The van der Waals surface area contributed by atoms with Crippen LogP contribution in [-0.2, 0) is 14.6 Å². The summed E-state index contributed by atoms with van der Waals surface area (Å²) in [5.74, 6) is -0.283. The first-order valence-electron chi connectivity index (χ1n) is 4.39. The van der Waals surface area contributed by atoms with Crippen molar-refractivity contribution in [3.05, 3.63) is 23.8 Å². The summed E-state index contributed by atoms with van der Waals surface area (Å²) in [6.07, 6.45) is 1.12. The van der Waals surface area contributed by atoms with Crippen LogP contribution >= 0.6 is 0 Å². The predicted molar refractivity (Wildman–Crippen MR) is 58.6 cm³/mol. The minimum absolute atomic E-state index is 0.151. The molecule has 0 aliphatic carbocycles. The van der Waals surface area contributed by atoms with Crippen molar-refractivity contribution in [3.63, 3.8) is 0 Å². The summed E-state index contributed by atoms with van der Waals surface area (Å²) >= 11 is 0. The van der Waals surface area contributed by atoms with Crippen LogP contribution in [0, 0.1) is 6.92 Å². The average Bonchev–Trinajstić information content (AvgIpc) is 2.05. The highest BCUT2D eigenvalue weighted by Crippen LogP contribution is 2.24. The number of para-hydroxylation sites is 1. The van der Waals surface area contributed by atoms with Gasteiger partial charge in [0.25, 0.3) is 0 Å². The minimum atomic E-state index is -3.32. The molecule has 0 aromatic heterocycles. The number of anilines is 1. The van der Waals surface area contributed by atoms with Gasteiger partial charge < -0.3 is 5.32 Å². The fraction of sp³-hybridized carbons (Fsp3) is 0.300. The topological polar surface area (TPSA) is 63.2 Å². The van der Waals surface area contributed by atoms with Crippen LogP contribution in [-0.4, -0.2) is 20.6 Å². The molecular formula is C10H13NO3S. The number of carbonyl (C=O) groups is 1. The zero-order valence-electron chi connectivity index (χ0n) is 8.87. The fourth-order valence-electron chi connectivity index (χ4n) is 1.29. The van der Waals surface area contributed by atoms with Gasteiger partial charge in [0.05, 0.1) is 10.6 Å². The molecule has 82 valence electrons. The minimum Gasteiger partial charge on any atom is -0.325 e. The van der Waals surface area contributed by atoms with E-state index in [4.69, 9.17) is 0 Å². The Balaban J connectivity index is 3.40. The molecule has 4 nitrogen and oxygen atoms in total. The van der Waals surface area contributed by atoms with Gasteiger partial charge in [-0.25, -0.2) is 8.42 Å². The number of hydrogen-bond acceptors (Lipinski definition) is 3. The standard InChI is InChI=1S/C10H13NO3S/c1-7-5-4-6-9(15(3,13)14)10(7)11-8(2)12/h4-6H,1-3H3,(H,11,12). The number of aryl methyl sites for hydroxylation is 1. The summed E-state index contributed by atoms with van der Waals surface area (Å²) in [6.45, 7) is 3.10. The number of sulfone groups is 1. The fourth-order valence-corrected chi connectivity index (χ4v) is 2.19. The van der Waals surface area contributed by atoms with Crippen molar-refractivity contribution in [2.75, 3.05) is 11.6 Å². The second-order valence-corrected chi connectivity index (χ2v) is 5.39. The largest absolute Gasteiger partial charge is 0.325 e. The number of hydrogen-bond donors (Lipinski definition) is 1. The van der Waals surface area contributed by atoms with E-state index in [0.717, 1.165) is 11.8 Å². The monoisotopic (exact) mass is 227 g/mol. The van der Waals surface area contributed by atoms with Gasteiger partial charge in [-0.15, -0.1) is 0 Å². The highest BCUT2D eigenvalue weighted by atomic mass is 32.2. The first-order valence-corrected chi connectivity index (χ1v) is 6.29. The second kappa shape index (κ2) is 4.02. The van der Waals surface area contributed by atoms with Crippen molar-refractivity contribution in [2.24, 2.45) is 0 Å². The van der Waals surface area contributed by atoms with Gasteiger partial charge in [-0.1, -0.05) is 12.1 Å². The van der Waals surface area contributed by atoms with E-state index in [1.54, 1.807) is 19.1 Å². The number of rotatable bonds is 2. The van der Waals surface area contributed by atoms with E-state index >= 15 is 0 Å². The Morgan fingerprint density at radius 1 is 1.33 bits per heavy atom. The highest BCUT2D eigenvalue weighted by molar-refractivity contribution is 7.90. The maximum atomic E-state index is 11.4. The Morgan fingerprint density at radius 3 is 2.40 bits per heavy atom. The molecule has 1 amide bonds. The molecule has 0 fully saturated rings. The van der Waals surface area contributed by atoms with Crippen molar-refractivity contribution in [3.8, 4) is 0 Å². The molecule has 0 unspecified atom stereocenters. The Hall–Kier alpha value is -1.36. The van der Waals surface area contributed by atoms with E-state index in [9.17, 15) is 13.2 Å². The zero-order valence-corrected chi connectivity index (χ0v) is 9.68. The van der Waals surface area contributed by atoms with Crippen LogP contribution in [0.3, 0.4) is 0 Å². The van der Waals surface area contributed by atoms with Crippen molar-refractivity contribution in [1.82, 2.24) is 0 Å². The van der Waals surface area contributed by atoms with Crippen LogP contribution in [0.1, 0.15) is 12.5 Å². The van der Waals surface area contributed by atoms with Crippen molar-refractivity contribution < 1.29 is 13.2 Å². The first-order chi connectivity index (χ1) is 6.82. The van der Waals surface area contributed by atoms with Gasteiger partial charge in [-0.3, -0.25) is 4.79 Å². The molecule has 0 radical (unpaired) electrons. The molecule has 15 heavy (non-hydrogen) atoms. The molecule has 1 aromatic rings. The number of nitrogens with one attached hydrogen (secondary N) is 1. The maximum Gasteiger partial charge on any atom is 0.221 e. The van der Waals surface area contributed by atoms with E-state index in [1.165, 1.54) is 13.0 Å². The number of benzene rings is 1. The second-order valence-electron chi connectivity index (χ2n) is 3.40. The lowest BCUT2D eigenvalue weighted by molar-refractivity contribution is -0.114. The molecule has 0 spiro atoms. The third-order valence-electron chi connectivity index (χ3n) is 1.94. The van der Waals surface area contributed by atoms with Crippen LogP contribution in [0.2, 0.25) is 0 Å². The van der Waals surface area contributed by atoms with E-state index in [-0.39, 0.29) is 10.8 Å². The van der Waals surface area contributed by atoms with Crippen LogP contribution in [0.5, 0.6) is 0 Å². The van der Waals surface area contributed by atoms with Crippen molar-refractivity contribution >= 4 is 21.4 Å². The Kier molecular flexibility index (Phi) is 3.14. The lowest BCUT2D eigenvalue weighted by Gasteiger charge is -2.10. The Morgan fingerprint density at radius 2 is 1.93 bits per heavy atom. The van der Waals surface area contributed by atoms with Gasteiger partial charge >= 0.3 is 0 Å². The van der Waals surface area contributed by atoms with Gasteiger partial charge in [-0.2, -0.15) is 0 Å². The first kappa shape index (κ1) is 11.7. The highest BCUT2D eigenvalue weighted by Gasteiger charge is 2.15. The quantitative estimate of drug-likeness (QED) is 0.829. The molecule has 0 heterocycles. The maximum absolute atomic E-state index is 11.4. The molecule has 0 saturated carbocycles. The summed E-state index contributed by atoms with van der Waals surface area (Å²) in [5, 5.41) is 2.53. The number of carbonyl (C=O) groups excluding carboxylic acids is 1. The molecule has 1 N–H and O–H groups in total. The molecule has 0 aliphatic rings. The van der Waals surface area contributed by atoms with Gasteiger partial charge in [0.1, 0.15) is 0 Å². The lowest BCUT2D eigenvalue weighted by atomic mass is 10.2. The van der Waals surface area contributed by atoms with Gasteiger partial charge in [0.2, 0.25) is 5.91 Å². The molecule has 1 aromatic carbocycles. The Labute approximate surface area is 89.2 Å². The van der Waals surface area contributed by atoms with E-state index in [2.05, 4.69) is 5.32 Å². The third-order valence-corrected chi connectivity index (χ3v) is 3.07. The van der Waals surface area contributed by atoms with Crippen LogP contribution in [0.15, 0.2) is 23.1 Å². The molecule has 0 aliphatic heterocycles. The normalized spacial score (nSPS) is 11.1. The molecule has 0 atom stereocenters. The summed E-state index contributed by atoms with van der Waals surface area (Å²) in [4.78, 5) is 11.1. The summed E-state index contributed by atoms with van der Waals surface area (Å²) in [6, 6.07) is 4.88. The smallest absolute Gasteiger partial charge is 0.221 e. The third kappa shape index (κ3) is 2.79. The van der Waals surface area contributed by atoms with Crippen molar-refractivity contribution in [2.45, 2.75) is 18.7 Å². The number of amides is 1. The Bertz CT molecular complexity index is 491. The summed E-state index contributed by atoms with van der Waals surface area (Å²) < 4.78 is 22.9. The van der Waals surface area contributed by atoms with Crippen molar-refractivity contribution in [1.29, 1.82) is 0 Å². The molecular weight excluding hydrogens is 214 g/mol. The van der Waals surface area contributed by atoms with Crippen LogP contribution < -0.4 is 5.32 Å². The van der Waals surface area contributed by atoms with E-state index in [0.29, 0.717) is 5.69 Å². The average molecular weight is 227 g/mol. The molecule has 1 rings (SSSR count). The van der Waals surface area contributed by atoms with E-state index in [1.807, 2.05) is 0 Å². The molecule has 0 saturated heterocycles. The molecule has 5 heteroatoms. The zero-order chi connectivity index (χ0) is 11.6. The van der Waals surface area contributed by atoms with Gasteiger partial charge in [0, 0.05) is 13.2 Å². The lowest BCUT2D eigenvalue weighted by Crippen LogP contribution is -2.11. The summed E-state index contributed by atoms with van der Waals surface area (Å²) in [7, 11) is -3.32. The SMILES string of the molecule is CC(=O)Nc1c(C)cccc1S(C)(=O)=O. The van der Waals surface area contributed by atoms with Crippen LogP contribution in [0.4, 0.5) is 5.69 Å². The summed E-state index contributed by atoms with van der Waals surface area (Å²) in [5.41, 5.74) is 1.10. The van der Waals surface area contributed by atoms with Gasteiger partial charge in [-0.05, 0) is 18.6 Å². The van der Waals surface area contributed by atoms with Crippen LogP contribution in [0.25, 0.3) is 0 Å². The van der Waals surface area contributed by atoms with Gasteiger partial charge in [0.15, 0.2) is 9.84 Å². The molecule has 0 bridgehead atoms. The predicted octanol–water partition coefficient (Wildman–Crippen LogP) is 1.36.